The highest BCUT2D eigenvalue weighted by Crippen LogP contribution is 2.39. The van der Waals surface area contributed by atoms with Crippen LogP contribution in [0.2, 0.25) is 0 Å². The van der Waals surface area contributed by atoms with E-state index in [1.807, 2.05) is 0 Å². The van der Waals surface area contributed by atoms with Crippen molar-refractivity contribution < 1.29 is 32.3 Å². The molecule has 0 bridgehead atoms. The quantitative estimate of drug-likeness (QED) is 0.652. The number of hydrogen-bond donors (Lipinski definition) is 2. The minimum absolute atomic E-state index is 0.270. The van der Waals surface area contributed by atoms with Gasteiger partial charge in [0.2, 0.25) is 0 Å². The summed E-state index contributed by atoms with van der Waals surface area (Å²) in [5, 5.41) is 11.0. The molecule has 0 fully saturated rings. The number of anilines is 1. The molecule has 1 aromatic rings. The van der Waals surface area contributed by atoms with Gasteiger partial charge in [-0.05, 0) is 24.6 Å². The average Bonchev–Trinajstić information content (AvgIpc) is 2.70. The molecule has 0 unspecified atom stereocenters. The van der Waals surface area contributed by atoms with Crippen LogP contribution >= 0.6 is 0 Å². The SMILES string of the molecule is Cc1c(F)ccc(NC2=CC(=O)N(CCO)C2=O)c1C(F)(F)F. The second-order valence-corrected chi connectivity index (χ2v) is 4.79. The summed E-state index contributed by atoms with van der Waals surface area (Å²) in [6.07, 6.45) is -4.01. The summed E-state index contributed by atoms with van der Waals surface area (Å²) >= 11 is 0. The molecular formula is C14H12F4N2O3. The molecule has 0 saturated carbocycles. The molecule has 0 saturated heterocycles. The number of carbonyl (C=O) groups excluding carboxylic acids is 2. The fraction of sp³-hybridized carbons (Fsp3) is 0.286. The monoisotopic (exact) mass is 332 g/mol. The van der Waals surface area contributed by atoms with Crippen molar-refractivity contribution in [1.82, 2.24) is 4.90 Å². The van der Waals surface area contributed by atoms with Crippen LogP contribution in [0, 0.1) is 12.7 Å². The highest BCUT2D eigenvalue weighted by molar-refractivity contribution is 6.17. The molecule has 0 aromatic heterocycles. The Morgan fingerprint density at radius 3 is 2.48 bits per heavy atom. The molecule has 2 rings (SSSR count). The molecular weight excluding hydrogens is 320 g/mol. The summed E-state index contributed by atoms with van der Waals surface area (Å²) in [5.41, 5.74) is -2.78. The van der Waals surface area contributed by atoms with E-state index in [4.69, 9.17) is 5.11 Å². The van der Waals surface area contributed by atoms with Crippen molar-refractivity contribution in [2.24, 2.45) is 0 Å². The van der Waals surface area contributed by atoms with Gasteiger partial charge in [0, 0.05) is 6.08 Å². The molecule has 1 aromatic carbocycles. The Hall–Kier alpha value is -2.42. The highest BCUT2D eigenvalue weighted by atomic mass is 19.4. The van der Waals surface area contributed by atoms with Crippen molar-refractivity contribution in [2.75, 3.05) is 18.5 Å². The van der Waals surface area contributed by atoms with Gasteiger partial charge in [0.1, 0.15) is 11.5 Å². The molecule has 2 amide bonds. The van der Waals surface area contributed by atoms with Crippen LogP contribution in [-0.2, 0) is 15.8 Å². The minimum atomic E-state index is -4.84. The molecule has 1 aliphatic heterocycles. The summed E-state index contributed by atoms with van der Waals surface area (Å²) < 4.78 is 52.7. The van der Waals surface area contributed by atoms with Gasteiger partial charge in [0.15, 0.2) is 0 Å². The van der Waals surface area contributed by atoms with Gasteiger partial charge < -0.3 is 10.4 Å². The Bertz CT molecular complexity index is 698. The first-order valence-electron chi connectivity index (χ1n) is 6.48. The zero-order valence-corrected chi connectivity index (χ0v) is 11.9. The van der Waals surface area contributed by atoms with Crippen LogP contribution in [0.5, 0.6) is 0 Å². The fourth-order valence-corrected chi connectivity index (χ4v) is 2.21. The Morgan fingerprint density at radius 2 is 1.91 bits per heavy atom. The topological polar surface area (TPSA) is 69.6 Å². The van der Waals surface area contributed by atoms with Crippen molar-refractivity contribution in [2.45, 2.75) is 13.1 Å². The number of nitrogens with one attached hydrogen (secondary N) is 1. The Labute approximate surface area is 128 Å². The van der Waals surface area contributed by atoms with Crippen LogP contribution in [0.15, 0.2) is 23.9 Å². The minimum Gasteiger partial charge on any atom is -0.395 e. The molecule has 1 heterocycles. The third-order valence-electron chi connectivity index (χ3n) is 3.28. The van der Waals surface area contributed by atoms with Crippen molar-refractivity contribution >= 4 is 17.5 Å². The number of alkyl halides is 3. The number of rotatable bonds is 4. The number of halogens is 4. The van der Waals surface area contributed by atoms with E-state index >= 15 is 0 Å². The molecule has 0 spiro atoms. The smallest absolute Gasteiger partial charge is 0.395 e. The molecule has 1 aliphatic rings. The van der Waals surface area contributed by atoms with E-state index in [0.29, 0.717) is 4.90 Å². The van der Waals surface area contributed by atoms with E-state index in [1.165, 1.54) is 0 Å². The Balaban J connectivity index is 2.39. The largest absolute Gasteiger partial charge is 0.418 e. The molecule has 23 heavy (non-hydrogen) atoms. The summed E-state index contributed by atoms with van der Waals surface area (Å²) in [6.45, 7) is 0.230. The van der Waals surface area contributed by atoms with Crippen LogP contribution in [0.1, 0.15) is 11.1 Å². The number of benzene rings is 1. The number of nitrogens with zero attached hydrogens (tertiary/aromatic N) is 1. The Morgan fingerprint density at radius 1 is 1.26 bits per heavy atom. The lowest BCUT2D eigenvalue weighted by atomic mass is 10.0. The van der Waals surface area contributed by atoms with Crippen LogP contribution < -0.4 is 5.32 Å². The summed E-state index contributed by atoms with van der Waals surface area (Å²) in [6, 6.07) is 1.68. The normalized spacial score (nSPS) is 15.2. The predicted molar refractivity (Wildman–Crippen MR) is 71.7 cm³/mol. The Kier molecular flexibility index (Phi) is 4.42. The third-order valence-corrected chi connectivity index (χ3v) is 3.28. The summed E-state index contributed by atoms with van der Waals surface area (Å²) in [7, 11) is 0. The lowest BCUT2D eigenvalue weighted by molar-refractivity contribution is -0.139. The average molecular weight is 332 g/mol. The number of carbonyl (C=O) groups is 2. The molecule has 2 N–H and O–H groups in total. The standard InChI is InChI=1S/C14H12F4N2O3/c1-7-8(15)2-3-9(12(7)14(16,17)18)19-10-6-11(22)20(4-5-21)13(10)23/h2-3,6,19,21H,4-5H2,1H3. The van der Waals surface area contributed by atoms with Crippen LogP contribution in [0.3, 0.4) is 0 Å². The van der Waals surface area contributed by atoms with Crippen LogP contribution in [0.25, 0.3) is 0 Å². The zero-order chi connectivity index (χ0) is 17.4. The second-order valence-electron chi connectivity index (χ2n) is 4.79. The van der Waals surface area contributed by atoms with Gasteiger partial charge in [0.05, 0.1) is 24.4 Å². The lowest BCUT2D eigenvalue weighted by Gasteiger charge is -2.18. The maximum Gasteiger partial charge on any atom is 0.418 e. The van der Waals surface area contributed by atoms with Gasteiger partial charge in [-0.15, -0.1) is 0 Å². The number of imide groups is 1. The van der Waals surface area contributed by atoms with E-state index in [0.717, 1.165) is 25.1 Å². The molecule has 124 valence electrons. The van der Waals surface area contributed by atoms with E-state index in [9.17, 15) is 27.2 Å². The molecule has 0 radical (unpaired) electrons. The van der Waals surface area contributed by atoms with Gasteiger partial charge in [-0.1, -0.05) is 0 Å². The van der Waals surface area contributed by atoms with Gasteiger partial charge in [-0.25, -0.2) is 4.39 Å². The van der Waals surface area contributed by atoms with Gasteiger partial charge >= 0.3 is 6.18 Å². The number of hydrogen-bond acceptors (Lipinski definition) is 4. The lowest BCUT2D eigenvalue weighted by Crippen LogP contribution is -2.34. The number of β-amino-alcohol motifs (C(OH)–C–C–N with tert-alkyl or cyclic N) is 1. The van der Waals surface area contributed by atoms with Crippen molar-refractivity contribution in [3.63, 3.8) is 0 Å². The molecule has 0 atom stereocenters. The first-order chi connectivity index (χ1) is 10.7. The number of aliphatic hydroxyl groups excluding tert-OH is 1. The fourth-order valence-electron chi connectivity index (χ4n) is 2.21. The first kappa shape index (κ1) is 16.9. The van der Waals surface area contributed by atoms with E-state index < -0.39 is 47.2 Å². The van der Waals surface area contributed by atoms with E-state index in [1.54, 1.807) is 0 Å². The highest BCUT2D eigenvalue weighted by Gasteiger charge is 2.38. The van der Waals surface area contributed by atoms with Crippen LogP contribution in [-0.4, -0.2) is 35.0 Å². The molecule has 9 heteroatoms. The van der Waals surface area contributed by atoms with Crippen LogP contribution in [0.4, 0.5) is 23.2 Å². The predicted octanol–water partition coefficient (Wildman–Crippen LogP) is 1.81. The van der Waals surface area contributed by atoms with Crippen molar-refractivity contribution in [3.05, 3.63) is 40.8 Å². The van der Waals surface area contributed by atoms with E-state index in [-0.39, 0.29) is 12.2 Å². The maximum atomic E-state index is 13.4. The molecule has 0 aliphatic carbocycles. The molecule has 5 nitrogen and oxygen atoms in total. The van der Waals surface area contributed by atoms with E-state index in [2.05, 4.69) is 5.32 Å². The number of aliphatic hydroxyl groups is 1. The second kappa shape index (κ2) is 5.99. The van der Waals surface area contributed by atoms with Gasteiger partial charge in [-0.3, -0.25) is 14.5 Å². The van der Waals surface area contributed by atoms with Crippen molar-refractivity contribution in [1.29, 1.82) is 0 Å². The third kappa shape index (κ3) is 3.19. The van der Waals surface area contributed by atoms with Gasteiger partial charge in [-0.2, -0.15) is 13.2 Å². The maximum absolute atomic E-state index is 13.4. The summed E-state index contributed by atoms with van der Waals surface area (Å²) in [4.78, 5) is 24.2. The summed E-state index contributed by atoms with van der Waals surface area (Å²) in [5.74, 6) is -2.65. The zero-order valence-electron chi connectivity index (χ0n) is 11.9. The van der Waals surface area contributed by atoms with Gasteiger partial charge in [0.25, 0.3) is 11.8 Å². The first-order valence-corrected chi connectivity index (χ1v) is 6.48. The van der Waals surface area contributed by atoms with Crippen molar-refractivity contribution in [3.8, 4) is 0 Å². The number of amides is 2.